The summed E-state index contributed by atoms with van der Waals surface area (Å²) < 4.78 is 7.34. The number of ether oxygens (including phenoxy) is 1. The molecule has 0 unspecified atom stereocenters. The Hall–Kier alpha value is -0.870. The van der Waals surface area contributed by atoms with Crippen LogP contribution in [0.2, 0.25) is 0 Å². The van der Waals surface area contributed by atoms with Crippen LogP contribution in [0.1, 0.15) is 5.56 Å². The Morgan fingerprint density at radius 1 is 1.12 bits per heavy atom. The van der Waals surface area contributed by atoms with Gasteiger partial charge in [0.05, 0.1) is 4.47 Å². The predicted molar refractivity (Wildman–Crippen MR) is 70.9 cm³/mol. The standard InChI is InChI=1S/C12H9Br2NO/c1-8-5-6-10(9(13)7-8)16-12-4-2-3-11(14)15-12/h2-7H,1H3. The van der Waals surface area contributed by atoms with E-state index in [0.717, 1.165) is 14.8 Å². The lowest BCUT2D eigenvalue weighted by Crippen LogP contribution is -1.89. The highest BCUT2D eigenvalue weighted by molar-refractivity contribution is 9.10. The Balaban J connectivity index is 2.27. The van der Waals surface area contributed by atoms with E-state index in [1.807, 2.05) is 43.3 Å². The van der Waals surface area contributed by atoms with Crippen LogP contribution >= 0.6 is 31.9 Å². The quantitative estimate of drug-likeness (QED) is 0.737. The highest BCUT2D eigenvalue weighted by Gasteiger charge is 2.03. The largest absolute Gasteiger partial charge is 0.438 e. The SMILES string of the molecule is Cc1ccc(Oc2cccc(Br)n2)c(Br)c1. The minimum atomic E-state index is 0.568. The van der Waals surface area contributed by atoms with Crippen LogP contribution in [-0.4, -0.2) is 4.98 Å². The number of aromatic nitrogens is 1. The van der Waals surface area contributed by atoms with Crippen molar-refractivity contribution in [3.05, 3.63) is 51.0 Å². The average molecular weight is 343 g/mol. The van der Waals surface area contributed by atoms with Gasteiger partial charge in [-0.3, -0.25) is 0 Å². The fraction of sp³-hybridized carbons (Fsp3) is 0.0833. The van der Waals surface area contributed by atoms with Gasteiger partial charge in [0.1, 0.15) is 10.4 Å². The third kappa shape index (κ3) is 2.83. The van der Waals surface area contributed by atoms with Gasteiger partial charge in [0.2, 0.25) is 5.88 Å². The summed E-state index contributed by atoms with van der Waals surface area (Å²) in [6.07, 6.45) is 0. The molecule has 0 atom stereocenters. The fourth-order valence-electron chi connectivity index (χ4n) is 1.25. The molecular formula is C12H9Br2NO. The molecule has 0 fully saturated rings. The molecule has 0 saturated heterocycles. The highest BCUT2D eigenvalue weighted by Crippen LogP contribution is 2.29. The first-order chi connectivity index (χ1) is 7.65. The molecule has 4 heteroatoms. The number of halogens is 2. The average Bonchev–Trinajstić information content (AvgIpc) is 2.22. The molecule has 1 aromatic carbocycles. The minimum Gasteiger partial charge on any atom is -0.438 e. The second kappa shape index (κ2) is 4.97. The summed E-state index contributed by atoms with van der Waals surface area (Å²) in [5.74, 6) is 1.33. The Kier molecular flexibility index (Phi) is 3.61. The monoisotopic (exact) mass is 341 g/mol. The number of nitrogens with zero attached hydrogens (tertiary/aromatic N) is 1. The molecule has 0 aliphatic rings. The van der Waals surface area contributed by atoms with Gasteiger partial charge in [0.15, 0.2) is 0 Å². The predicted octanol–water partition coefficient (Wildman–Crippen LogP) is 4.71. The minimum absolute atomic E-state index is 0.568. The van der Waals surface area contributed by atoms with Gasteiger partial charge in [0.25, 0.3) is 0 Å². The molecule has 0 amide bonds. The zero-order valence-electron chi connectivity index (χ0n) is 8.58. The number of pyridine rings is 1. The van der Waals surface area contributed by atoms with Crippen molar-refractivity contribution in [1.29, 1.82) is 0 Å². The molecule has 0 aliphatic heterocycles. The third-order valence-corrected chi connectivity index (χ3v) is 3.05. The van der Waals surface area contributed by atoms with E-state index in [0.29, 0.717) is 5.88 Å². The van der Waals surface area contributed by atoms with Gasteiger partial charge in [-0.2, -0.15) is 0 Å². The number of rotatable bonds is 2. The van der Waals surface area contributed by atoms with Crippen LogP contribution in [0.3, 0.4) is 0 Å². The van der Waals surface area contributed by atoms with Crippen LogP contribution in [-0.2, 0) is 0 Å². The zero-order chi connectivity index (χ0) is 11.5. The second-order valence-corrected chi connectivity index (χ2v) is 5.00. The first kappa shape index (κ1) is 11.6. The smallest absolute Gasteiger partial charge is 0.220 e. The van der Waals surface area contributed by atoms with Gasteiger partial charge in [0, 0.05) is 6.07 Å². The number of aryl methyl sites for hydroxylation is 1. The molecule has 2 rings (SSSR count). The summed E-state index contributed by atoms with van der Waals surface area (Å²) in [6, 6.07) is 11.5. The van der Waals surface area contributed by atoms with Crippen molar-refractivity contribution in [2.45, 2.75) is 6.92 Å². The summed E-state index contributed by atoms with van der Waals surface area (Å²) in [7, 11) is 0. The lowest BCUT2D eigenvalue weighted by atomic mass is 10.2. The van der Waals surface area contributed by atoms with E-state index < -0.39 is 0 Å². The highest BCUT2D eigenvalue weighted by atomic mass is 79.9. The first-order valence-corrected chi connectivity index (χ1v) is 6.30. The Labute approximate surface area is 111 Å². The molecule has 0 bridgehead atoms. The van der Waals surface area contributed by atoms with E-state index in [-0.39, 0.29) is 0 Å². The van der Waals surface area contributed by atoms with Crippen molar-refractivity contribution in [1.82, 2.24) is 4.98 Å². The van der Waals surface area contributed by atoms with E-state index in [4.69, 9.17) is 4.74 Å². The van der Waals surface area contributed by atoms with Crippen LogP contribution in [0.5, 0.6) is 11.6 Å². The van der Waals surface area contributed by atoms with Crippen molar-refractivity contribution in [2.24, 2.45) is 0 Å². The molecular weight excluding hydrogens is 334 g/mol. The van der Waals surface area contributed by atoms with Crippen molar-refractivity contribution in [3.8, 4) is 11.6 Å². The molecule has 2 nitrogen and oxygen atoms in total. The van der Waals surface area contributed by atoms with E-state index in [2.05, 4.69) is 36.8 Å². The summed E-state index contributed by atoms with van der Waals surface area (Å²) in [6.45, 7) is 2.03. The van der Waals surface area contributed by atoms with E-state index >= 15 is 0 Å². The van der Waals surface area contributed by atoms with Crippen LogP contribution in [0, 0.1) is 6.92 Å². The van der Waals surface area contributed by atoms with Crippen molar-refractivity contribution in [2.75, 3.05) is 0 Å². The Morgan fingerprint density at radius 2 is 1.94 bits per heavy atom. The lowest BCUT2D eigenvalue weighted by Gasteiger charge is -2.07. The molecule has 82 valence electrons. The van der Waals surface area contributed by atoms with Gasteiger partial charge in [-0.15, -0.1) is 0 Å². The zero-order valence-corrected chi connectivity index (χ0v) is 11.7. The second-order valence-electron chi connectivity index (χ2n) is 3.33. The molecule has 1 heterocycles. The van der Waals surface area contributed by atoms with E-state index in [9.17, 15) is 0 Å². The van der Waals surface area contributed by atoms with Gasteiger partial charge in [-0.25, -0.2) is 4.98 Å². The van der Waals surface area contributed by atoms with Crippen LogP contribution in [0.15, 0.2) is 45.5 Å². The van der Waals surface area contributed by atoms with Crippen LogP contribution in [0.4, 0.5) is 0 Å². The number of hydrogen-bond acceptors (Lipinski definition) is 2. The molecule has 0 aliphatic carbocycles. The lowest BCUT2D eigenvalue weighted by molar-refractivity contribution is 0.459. The fourth-order valence-corrected chi connectivity index (χ4v) is 2.15. The molecule has 16 heavy (non-hydrogen) atoms. The van der Waals surface area contributed by atoms with Crippen LogP contribution in [0.25, 0.3) is 0 Å². The summed E-state index contributed by atoms with van der Waals surface area (Å²) in [4.78, 5) is 4.21. The number of benzene rings is 1. The van der Waals surface area contributed by atoms with Gasteiger partial charge in [-0.05, 0) is 62.5 Å². The summed E-state index contributed by atoms with van der Waals surface area (Å²) in [5, 5.41) is 0. The van der Waals surface area contributed by atoms with Crippen molar-refractivity contribution < 1.29 is 4.74 Å². The van der Waals surface area contributed by atoms with Crippen molar-refractivity contribution in [3.63, 3.8) is 0 Å². The molecule has 0 radical (unpaired) electrons. The Morgan fingerprint density at radius 3 is 2.62 bits per heavy atom. The van der Waals surface area contributed by atoms with E-state index in [1.54, 1.807) is 0 Å². The van der Waals surface area contributed by atoms with Gasteiger partial charge in [-0.1, -0.05) is 12.1 Å². The summed E-state index contributed by atoms with van der Waals surface area (Å²) >= 11 is 6.76. The maximum atomic E-state index is 5.66. The molecule has 0 spiro atoms. The Bertz CT molecular complexity index is 514. The third-order valence-electron chi connectivity index (χ3n) is 1.99. The normalized spacial score (nSPS) is 10.2. The first-order valence-electron chi connectivity index (χ1n) is 4.72. The molecule has 2 aromatic rings. The molecule has 0 saturated carbocycles. The van der Waals surface area contributed by atoms with Gasteiger partial charge < -0.3 is 4.74 Å². The van der Waals surface area contributed by atoms with Crippen LogP contribution < -0.4 is 4.74 Å². The van der Waals surface area contributed by atoms with Crippen molar-refractivity contribution >= 4 is 31.9 Å². The van der Waals surface area contributed by atoms with E-state index in [1.165, 1.54) is 5.56 Å². The molecule has 0 N–H and O–H groups in total. The number of hydrogen-bond donors (Lipinski definition) is 0. The maximum absolute atomic E-state index is 5.66. The maximum Gasteiger partial charge on any atom is 0.220 e. The summed E-state index contributed by atoms with van der Waals surface area (Å²) in [5.41, 5.74) is 1.18. The van der Waals surface area contributed by atoms with Gasteiger partial charge >= 0.3 is 0 Å². The topological polar surface area (TPSA) is 22.1 Å². The molecule has 1 aromatic heterocycles.